The molecule has 1 aromatic heterocycles. The van der Waals surface area contributed by atoms with Crippen molar-refractivity contribution >= 4 is 46.9 Å². The molecule has 1 saturated heterocycles. The molecule has 0 saturated carbocycles. The summed E-state index contributed by atoms with van der Waals surface area (Å²) in [6.45, 7) is 9.08. The molecule has 0 atom stereocenters. The van der Waals surface area contributed by atoms with E-state index in [2.05, 4.69) is 22.2 Å². The number of anilines is 1. The first-order valence-corrected chi connectivity index (χ1v) is 8.32. The van der Waals surface area contributed by atoms with Crippen LogP contribution in [-0.4, -0.2) is 39.3 Å². The number of nitrogens with zero attached hydrogens (tertiary/aromatic N) is 2. The van der Waals surface area contributed by atoms with Gasteiger partial charge in [-0.1, -0.05) is 26.8 Å². The molecule has 0 unspecified atom stereocenters. The molecule has 0 radical (unpaired) electrons. The van der Waals surface area contributed by atoms with E-state index in [1.165, 1.54) is 23.2 Å². The number of thiocarbonyl (C=S) groups is 1. The van der Waals surface area contributed by atoms with Gasteiger partial charge in [-0.2, -0.15) is 0 Å². The molecule has 0 spiro atoms. The monoisotopic (exact) mass is 372 g/mol. The van der Waals surface area contributed by atoms with Gasteiger partial charge in [0.1, 0.15) is 11.4 Å². The molecule has 1 fully saturated rings. The number of pyridine rings is 1. The average molecular weight is 372 g/mol. The number of nitrogens with one attached hydrogen (secondary N) is 2. The fraction of sp³-hybridized carbons (Fsp3) is 0.278. The number of hydrogen-bond acceptors (Lipinski definition) is 5. The molecule has 26 heavy (non-hydrogen) atoms. The SMILES string of the molecule is C=CCN1C(=O)C(=Cc2cccnc2NC(=O)C(C)(C)C)C(=O)NC1=S. The Balaban J connectivity index is 2.41. The molecule has 0 aliphatic carbocycles. The van der Waals surface area contributed by atoms with E-state index in [1.807, 2.05) is 0 Å². The summed E-state index contributed by atoms with van der Waals surface area (Å²) in [5.74, 6) is -1.10. The Morgan fingerprint density at radius 3 is 2.73 bits per heavy atom. The fourth-order valence-corrected chi connectivity index (χ4v) is 2.33. The van der Waals surface area contributed by atoms with E-state index < -0.39 is 17.2 Å². The van der Waals surface area contributed by atoms with Gasteiger partial charge in [0, 0.05) is 23.7 Å². The molecule has 1 aromatic rings. The number of carbonyl (C=O) groups is 3. The van der Waals surface area contributed by atoms with E-state index in [4.69, 9.17) is 12.2 Å². The maximum absolute atomic E-state index is 12.6. The van der Waals surface area contributed by atoms with Crippen LogP contribution in [0.1, 0.15) is 26.3 Å². The second-order valence-corrected chi connectivity index (χ2v) is 7.05. The standard InChI is InChI=1S/C18H20N4O3S/c1-5-9-22-15(24)12(14(23)21-17(22)26)10-11-7-6-8-19-13(11)20-16(25)18(2,3)4/h5-8,10H,1,9H2,2-4H3,(H,19,20,25)(H,21,23,26). The third kappa shape index (κ3) is 4.20. The van der Waals surface area contributed by atoms with Crippen LogP contribution < -0.4 is 10.6 Å². The lowest BCUT2D eigenvalue weighted by molar-refractivity contribution is -0.128. The molecule has 8 heteroatoms. The number of hydrogen-bond donors (Lipinski definition) is 2. The third-order valence-corrected chi connectivity index (χ3v) is 3.87. The van der Waals surface area contributed by atoms with Gasteiger partial charge in [-0.3, -0.25) is 24.6 Å². The van der Waals surface area contributed by atoms with Crippen LogP contribution in [0.4, 0.5) is 5.82 Å². The van der Waals surface area contributed by atoms with Crippen molar-refractivity contribution in [3.63, 3.8) is 0 Å². The van der Waals surface area contributed by atoms with Crippen molar-refractivity contribution in [1.82, 2.24) is 15.2 Å². The van der Waals surface area contributed by atoms with Gasteiger partial charge in [0.15, 0.2) is 5.11 Å². The van der Waals surface area contributed by atoms with Crippen LogP contribution in [0.15, 0.2) is 36.6 Å². The first-order chi connectivity index (χ1) is 12.1. The van der Waals surface area contributed by atoms with E-state index in [1.54, 1.807) is 32.9 Å². The minimum absolute atomic E-state index is 0.0319. The van der Waals surface area contributed by atoms with Crippen LogP contribution in [0.2, 0.25) is 0 Å². The minimum atomic E-state index is -0.618. The second kappa shape index (κ2) is 7.57. The van der Waals surface area contributed by atoms with Crippen molar-refractivity contribution in [2.45, 2.75) is 20.8 Å². The van der Waals surface area contributed by atoms with E-state index in [0.717, 1.165) is 0 Å². The molecule has 2 N–H and O–H groups in total. The Labute approximate surface area is 157 Å². The van der Waals surface area contributed by atoms with Crippen LogP contribution in [-0.2, 0) is 14.4 Å². The third-order valence-electron chi connectivity index (χ3n) is 3.55. The summed E-state index contributed by atoms with van der Waals surface area (Å²) in [5.41, 5.74) is -0.276. The topological polar surface area (TPSA) is 91.4 Å². The molecule has 136 valence electrons. The molecular weight excluding hydrogens is 352 g/mol. The molecular formula is C18H20N4O3S. The van der Waals surface area contributed by atoms with Gasteiger partial charge in [-0.15, -0.1) is 6.58 Å². The van der Waals surface area contributed by atoms with Gasteiger partial charge in [-0.25, -0.2) is 4.98 Å². The highest BCUT2D eigenvalue weighted by Crippen LogP contribution is 2.22. The Kier molecular flexibility index (Phi) is 5.66. The number of amides is 3. The van der Waals surface area contributed by atoms with Crippen LogP contribution >= 0.6 is 12.2 Å². The maximum Gasteiger partial charge on any atom is 0.265 e. The predicted octanol–water partition coefficient (Wildman–Crippen LogP) is 1.88. The van der Waals surface area contributed by atoms with E-state index >= 15 is 0 Å². The van der Waals surface area contributed by atoms with Gasteiger partial charge < -0.3 is 5.32 Å². The van der Waals surface area contributed by atoms with Crippen LogP contribution in [0.3, 0.4) is 0 Å². The van der Waals surface area contributed by atoms with Gasteiger partial charge in [0.2, 0.25) is 5.91 Å². The first kappa shape index (κ1) is 19.5. The minimum Gasteiger partial charge on any atom is -0.310 e. The van der Waals surface area contributed by atoms with E-state index in [0.29, 0.717) is 5.56 Å². The first-order valence-electron chi connectivity index (χ1n) is 7.91. The summed E-state index contributed by atoms with van der Waals surface area (Å²) in [7, 11) is 0. The van der Waals surface area contributed by atoms with Crippen molar-refractivity contribution in [3.8, 4) is 0 Å². The Bertz CT molecular complexity index is 824. The Hall–Kier alpha value is -2.87. The largest absolute Gasteiger partial charge is 0.310 e. The van der Waals surface area contributed by atoms with Crippen LogP contribution in [0.5, 0.6) is 0 Å². The number of aromatic nitrogens is 1. The summed E-state index contributed by atoms with van der Waals surface area (Å²) in [4.78, 5) is 42.4. The summed E-state index contributed by atoms with van der Waals surface area (Å²) in [6, 6.07) is 3.31. The smallest absolute Gasteiger partial charge is 0.265 e. The zero-order chi connectivity index (χ0) is 19.5. The highest BCUT2D eigenvalue weighted by Gasteiger charge is 2.33. The van der Waals surface area contributed by atoms with Crippen molar-refractivity contribution < 1.29 is 14.4 Å². The van der Waals surface area contributed by atoms with Gasteiger partial charge >= 0.3 is 0 Å². The molecule has 0 aromatic carbocycles. The average Bonchev–Trinajstić information content (AvgIpc) is 2.56. The Morgan fingerprint density at radius 1 is 1.42 bits per heavy atom. The van der Waals surface area contributed by atoms with Crippen molar-refractivity contribution in [1.29, 1.82) is 0 Å². The van der Waals surface area contributed by atoms with E-state index in [-0.39, 0.29) is 29.0 Å². The fourth-order valence-electron chi connectivity index (χ4n) is 2.08. The number of carbonyl (C=O) groups excluding carboxylic acids is 3. The predicted molar refractivity (Wildman–Crippen MR) is 103 cm³/mol. The van der Waals surface area contributed by atoms with Crippen LogP contribution in [0, 0.1) is 5.41 Å². The molecule has 0 bridgehead atoms. The lowest BCUT2D eigenvalue weighted by atomic mass is 9.95. The number of rotatable bonds is 4. The highest BCUT2D eigenvalue weighted by molar-refractivity contribution is 7.80. The van der Waals surface area contributed by atoms with Gasteiger partial charge in [0.25, 0.3) is 11.8 Å². The van der Waals surface area contributed by atoms with Gasteiger partial charge in [0.05, 0.1) is 0 Å². The summed E-state index contributed by atoms with van der Waals surface area (Å²) in [5, 5.41) is 5.23. The lowest BCUT2D eigenvalue weighted by Gasteiger charge is -2.27. The zero-order valence-electron chi connectivity index (χ0n) is 14.8. The molecule has 2 rings (SSSR count). The Morgan fingerprint density at radius 2 is 2.12 bits per heavy atom. The van der Waals surface area contributed by atoms with Gasteiger partial charge in [-0.05, 0) is 30.4 Å². The summed E-state index contributed by atoms with van der Waals surface area (Å²) >= 11 is 5.02. The van der Waals surface area contributed by atoms with Crippen molar-refractivity contribution in [2.75, 3.05) is 11.9 Å². The normalized spacial score (nSPS) is 16.5. The molecule has 1 aliphatic rings. The molecule has 3 amide bonds. The van der Waals surface area contributed by atoms with E-state index in [9.17, 15) is 14.4 Å². The molecule has 7 nitrogen and oxygen atoms in total. The second-order valence-electron chi connectivity index (χ2n) is 6.67. The summed E-state index contributed by atoms with van der Waals surface area (Å²) < 4.78 is 0. The maximum atomic E-state index is 12.6. The molecule has 2 heterocycles. The molecule has 1 aliphatic heterocycles. The highest BCUT2D eigenvalue weighted by atomic mass is 32.1. The van der Waals surface area contributed by atoms with Crippen molar-refractivity contribution in [3.05, 3.63) is 42.1 Å². The van der Waals surface area contributed by atoms with Crippen LogP contribution in [0.25, 0.3) is 6.08 Å². The summed E-state index contributed by atoms with van der Waals surface area (Å²) in [6.07, 6.45) is 4.42. The lowest BCUT2D eigenvalue weighted by Crippen LogP contribution is -2.53. The van der Waals surface area contributed by atoms with Crippen molar-refractivity contribution in [2.24, 2.45) is 5.41 Å². The zero-order valence-corrected chi connectivity index (χ0v) is 15.6. The quantitative estimate of drug-likeness (QED) is 0.364.